The number of nitrogens with one attached hydrogen (secondary N) is 4. The van der Waals surface area contributed by atoms with E-state index in [1.54, 1.807) is 0 Å². The van der Waals surface area contributed by atoms with Gasteiger partial charge in [0.25, 0.3) is 5.91 Å². The number of ether oxygens (including phenoxy) is 1. The summed E-state index contributed by atoms with van der Waals surface area (Å²) in [5.41, 5.74) is 2.31. The van der Waals surface area contributed by atoms with Crippen LogP contribution in [0.15, 0.2) is 24.3 Å². The molecule has 0 saturated heterocycles. The van der Waals surface area contributed by atoms with Gasteiger partial charge in [-0.3, -0.25) is 4.79 Å². The molecule has 0 radical (unpaired) electrons. The van der Waals surface area contributed by atoms with E-state index in [9.17, 15) is 9.59 Å². The molecule has 8 nitrogen and oxygen atoms in total. The number of hydrogen-bond donors (Lipinski definition) is 4. The van der Waals surface area contributed by atoms with Crippen molar-refractivity contribution in [3.63, 3.8) is 0 Å². The van der Waals surface area contributed by atoms with E-state index < -0.39 is 11.9 Å². The van der Waals surface area contributed by atoms with Crippen LogP contribution >= 0.6 is 0 Å². The van der Waals surface area contributed by atoms with Gasteiger partial charge < -0.3 is 26.0 Å². The van der Waals surface area contributed by atoms with Crippen molar-refractivity contribution in [2.75, 3.05) is 17.7 Å². The summed E-state index contributed by atoms with van der Waals surface area (Å²) in [4.78, 5) is 28.5. The molecule has 2 aliphatic rings. The van der Waals surface area contributed by atoms with E-state index in [0.717, 1.165) is 36.9 Å². The third kappa shape index (κ3) is 4.40. The number of anilines is 3. The predicted octanol–water partition coefficient (Wildman–Crippen LogP) is 3.60. The van der Waals surface area contributed by atoms with Crippen LogP contribution in [0.1, 0.15) is 47.2 Å². The number of methoxy groups -OCH3 is 1. The summed E-state index contributed by atoms with van der Waals surface area (Å²) in [5.74, 6) is -0.543. The summed E-state index contributed by atoms with van der Waals surface area (Å²) in [7, 11) is 1.32. The fraction of sp³-hybridized carbons (Fsp3) is 0.409. The zero-order valence-corrected chi connectivity index (χ0v) is 17.5. The number of fused-ring (bicyclic) bond motifs is 1. The lowest BCUT2D eigenvalue weighted by molar-refractivity contribution is 0.0966. The van der Waals surface area contributed by atoms with Crippen molar-refractivity contribution in [1.29, 1.82) is 0 Å². The number of alkyl carbamates (subject to hydrolysis) is 1. The van der Waals surface area contributed by atoms with Crippen LogP contribution in [0.2, 0.25) is 0 Å². The third-order valence-electron chi connectivity index (χ3n) is 5.75. The number of nitrogens with zero attached hydrogens (tertiary/aromatic N) is 1. The molecule has 2 heterocycles. The molecular formula is C22H26FN5O3. The van der Waals surface area contributed by atoms with Crippen molar-refractivity contribution < 1.29 is 18.7 Å². The first-order chi connectivity index (χ1) is 15.0. The molecule has 1 fully saturated rings. The van der Waals surface area contributed by atoms with Crippen LogP contribution in [0.5, 0.6) is 0 Å². The second kappa shape index (κ2) is 8.79. The molecule has 0 unspecified atom stereocenters. The van der Waals surface area contributed by atoms with E-state index in [1.807, 2.05) is 31.2 Å². The Morgan fingerprint density at radius 2 is 2.00 bits per heavy atom. The molecule has 1 aliphatic heterocycles. The topological polar surface area (TPSA) is 104 Å². The monoisotopic (exact) mass is 427 g/mol. The normalized spacial score (nSPS) is 19.9. The quantitative estimate of drug-likeness (QED) is 0.581. The molecule has 2 atom stereocenters. The van der Waals surface area contributed by atoms with E-state index in [0.29, 0.717) is 5.82 Å². The van der Waals surface area contributed by atoms with Gasteiger partial charge in [0.1, 0.15) is 5.82 Å². The number of hydrogen-bond acceptors (Lipinski definition) is 6. The molecule has 2 amide bonds. The van der Waals surface area contributed by atoms with Crippen LogP contribution in [-0.4, -0.2) is 36.2 Å². The third-order valence-corrected chi connectivity index (χ3v) is 5.75. The molecular weight excluding hydrogens is 401 g/mol. The van der Waals surface area contributed by atoms with Crippen LogP contribution < -0.4 is 21.3 Å². The second-order valence-corrected chi connectivity index (χ2v) is 7.93. The SMILES string of the molecule is COC(=O)N[C@H]1CCCC[C@H]1Nc1nc(Nc2cccc(C)c2)c2c(c1F)CNC2=O. The van der Waals surface area contributed by atoms with Crippen LogP contribution in [-0.2, 0) is 11.3 Å². The van der Waals surface area contributed by atoms with Crippen molar-refractivity contribution >= 4 is 29.3 Å². The Balaban J connectivity index is 1.66. The Morgan fingerprint density at radius 3 is 2.74 bits per heavy atom. The summed E-state index contributed by atoms with van der Waals surface area (Å²) < 4.78 is 20.0. The van der Waals surface area contributed by atoms with Gasteiger partial charge in [0.05, 0.1) is 18.7 Å². The van der Waals surface area contributed by atoms with Gasteiger partial charge in [-0.15, -0.1) is 0 Å². The molecule has 164 valence electrons. The first-order valence-electron chi connectivity index (χ1n) is 10.4. The van der Waals surface area contributed by atoms with Gasteiger partial charge in [-0.1, -0.05) is 25.0 Å². The molecule has 2 aromatic rings. The molecule has 1 aliphatic carbocycles. The van der Waals surface area contributed by atoms with E-state index in [4.69, 9.17) is 4.74 Å². The van der Waals surface area contributed by atoms with Gasteiger partial charge in [0.15, 0.2) is 11.6 Å². The molecule has 4 N–H and O–H groups in total. The standard InChI is InChI=1S/C22H26FN5O3/c1-12-6-5-7-13(10-12)25-19-17-14(11-24-21(17)29)18(23)20(28-19)26-15-8-3-4-9-16(15)27-22(30)31-2/h5-7,10,15-16H,3-4,8-9,11H2,1-2H3,(H,24,29)(H,27,30)(H2,25,26,28)/t15-,16+/m1/s1. The minimum Gasteiger partial charge on any atom is -0.453 e. The highest BCUT2D eigenvalue weighted by atomic mass is 19.1. The van der Waals surface area contributed by atoms with Gasteiger partial charge in [-0.2, -0.15) is 0 Å². The Kier molecular flexibility index (Phi) is 5.92. The number of halogens is 1. The fourth-order valence-corrected chi connectivity index (χ4v) is 4.19. The van der Waals surface area contributed by atoms with Crippen LogP contribution in [0, 0.1) is 12.7 Å². The maximum Gasteiger partial charge on any atom is 0.407 e. The van der Waals surface area contributed by atoms with Gasteiger partial charge >= 0.3 is 6.09 Å². The first-order valence-corrected chi connectivity index (χ1v) is 10.4. The van der Waals surface area contributed by atoms with E-state index >= 15 is 4.39 Å². The van der Waals surface area contributed by atoms with Crippen LogP contribution in [0.3, 0.4) is 0 Å². The molecule has 1 aromatic heterocycles. The molecule has 0 spiro atoms. The van der Waals surface area contributed by atoms with Crippen LogP contribution in [0.4, 0.5) is 26.5 Å². The van der Waals surface area contributed by atoms with Crippen molar-refractivity contribution in [2.45, 2.75) is 51.2 Å². The average Bonchev–Trinajstić information content (AvgIpc) is 3.15. The molecule has 4 rings (SSSR count). The van der Waals surface area contributed by atoms with E-state index in [2.05, 4.69) is 26.3 Å². The number of amides is 2. The molecule has 1 aromatic carbocycles. The van der Waals surface area contributed by atoms with Gasteiger partial charge in [-0.25, -0.2) is 14.2 Å². The lowest BCUT2D eigenvalue weighted by atomic mass is 9.90. The van der Waals surface area contributed by atoms with Crippen molar-refractivity contribution in [2.24, 2.45) is 0 Å². The summed E-state index contributed by atoms with van der Waals surface area (Å²) in [6.45, 7) is 2.07. The number of benzene rings is 1. The number of carbonyl (C=O) groups excluding carboxylic acids is 2. The summed E-state index contributed by atoms with van der Waals surface area (Å²) >= 11 is 0. The highest BCUT2D eigenvalue weighted by molar-refractivity contribution is 6.03. The van der Waals surface area contributed by atoms with Gasteiger partial charge in [0, 0.05) is 23.8 Å². The highest BCUT2D eigenvalue weighted by Gasteiger charge is 2.32. The maximum absolute atomic E-state index is 15.3. The number of aryl methyl sites for hydroxylation is 1. The lowest BCUT2D eigenvalue weighted by Crippen LogP contribution is -2.48. The fourth-order valence-electron chi connectivity index (χ4n) is 4.19. The molecule has 31 heavy (non-hydrogen) atoms. The van der Waals surface area contributed by atoms with E-state index in [1.165, 1.54) is 7.11 Å². The minimum absolute atomic E-state index is 0.0639. The van der Waals surface area contributed by atoms with Crippen molar-refractivity contribution in [3.8, 4) is 0 Å². The van der Waals surface area contributed by atoms with Crippen LogP contribution in [0.25, 0.3) is 0 Å². The Bertz CT molecular complexity index is 1010. The highest BCUT2D eigenvalue weighted by Crippen LogP contribution is 2.33. The summed E-state index contributed by atoms with van der Waals surface area (Å²) in [5, 5.41) is 11.8. The summed E-state index contributed by atoms with van der Waals surface area (Å²) in [6, 6.07) is 7.24. The van der Waals surface area contributed by atoms with Crippen molar-refractivity contribution in [1.82, 2.24) is 15.6 Å². The van der Waals surface area contributed by atoms with Gasteiger partial charge in [-0.05, 0) is 37.5 Å². The first kappa shape index (κ1) is 20.9. The molecule has 0 bridgehead atoms. The number of carbonyl (C=O) groups is 2. The molecule has 9 heteroatoms. The Labute approximate surface area is 180 Å². The Morgan fingerprint density at radius 1 is 1.23 bits per heavy atom. The second-order valence-electron chi connectivity index (χ2n) is 7.93. The zero-order valence-electron chi connectivity index (χ0n) is 17.5. The smallest absolute Gasteiger partial charge is 0.407 e. The largest absolute Gasteiger partial charge is 0.453 e. The Hall–Kier alpha value is -3.36. The maximum atomic E-state index is 15.3. The molecule has 1 saturated carbocycles. The number of pyridine rings is 1. The lowest BCUT2D eigenvalue weighted by Gasteiger charge is -2.33. The van der Waals surface area contributed by atoms with Crippen molar-refractivity contribution in [3.05, 3.63) is 46.8 Å². The summed E-state index contributed by atoms with van der Waals surface area (Å²) in [6.07, 6.45) is 2.92. The minimum atomic E-state index is -0.550. The average molecular weight is 427 g/mol. The zero-order chi connectivity index (χ0) is 22.0. The van der Waals surface area contributed by atoms with E-state index in [-0.39, 0.29) is 41.5 Å². The predicted molar refractivity (Wildman–Crippen MR) is 115 cm³/mol. The number of aromatic nitrogens is 1. The number of rotatable bonds is 5. The van der Waals surface area contributed by atoms with Gasteiger partial charge in [0.2, 0.25) is 0 Å².